The summed E-state index contributed by atoms with van der Waals surface area (Å²) in [4.78, 5) is 10.6. The third kappa shape index (κ3) is 6.14. The SMILES string of the molecule is CCC(/C=C/C(O)=C/C(C)=O)CC. The van der Waals surface area contributed by atoms with Crippen molar-refractivity contribution in [2.75, 3.05) is 0 Å². The molecule has 0 aromatic rings. The number of ketones is 1. The lowest BCUT2D eigenvalue weighted by molar-refractivity contribution is -0.112. The van der Waals surface area contributed by atoms with E-state index in [0.717, 1.165) is 12.8 Å². The van der Waals surface area contributed by atoms with Crippen molar-refractivity contribution in [3.8, 4) is 0 Å². The van der Waals surface area contributed by atoms with Crippen molar-refractivity contribution in [3.63, 3.8) is 0 Å². The lowest BCUT2D eigenvalue weighted by Gasteiger charge is -2.03. The summed E-state index contributed by atoms with van der Waals surface area (Å²) in [6, 6.07) is 0. The number of carbonyl (C=O) groups is 1. The molecule has 0 rings (SSSR count). The molecule has 0 spiro atoms. The lowest BCUT2D eigenvalue weighted by Crippen LogP contribution is -1.91. The first-order chi connectivity index (χ1) is 6.10. The van der Waals surface area contributed by atoms with Crippen LogP contribution >= 0.6 is 0 Å². The van der Waals surface area contributed by atoms with Crippen LogP contribution in [0.25, 0.3) is 0 Å². The van der Waals surface area contributed by atoms with E-state index in [4.69, 9.17) is 0 Å². The molecule has 1 N–H and O–H groups in total. The summed E-state index contributed by atoms with van der Waals surface area (Å²) in [7, 11) is 0. The number of aliphatic hydroxyl groups excluding tert-OH is 1. The largest absolute Gasteiger partial charge is 0.508 e. The van der Waals surface area contributed by atoms with Crippen LogP contribution < -0.4 is 0 Å². The Morgan fingerprint density at radius 3 is 2.31 bits per heavy atom. The van der Waals surface area contributed by atoms with Crippen molar-refractivity contribution >= 4 is 5.78 Å². The summed E-state index contributed by atoms with van der Waals surface area (Å²) in [5, 5.41) is 9.21. The standard InChI is InChI=1S/C11H18O2/c1-4-10(5-2)6-7-11(13)8-9(3)12/h6-8,10,13H,4-5H2,1-3H3/b7-6+,11-8-. The maximum absolute atomic E-state index is 10.6. The summed E-state index contributed by atoms with van der Waals surface area (Å²) in [6.07, 6.45) is 6.87. The maximum atomic E-state index is 10.6. The van der Waals surface area contributed by atoms with E-state index < -0.39 is 0 Å². The third-order valence-electron chi connectivity index (χ3n) is 1.94. The van der Waals surface area contributed by atoms with E-state index in [-0.39, 0.29) is 11.5 Å². The molecule has 0 aromatic heterocycles. The highest BCUT2D eigenvalue weighted by Crippen LogP contribution is 2.09. The predicted octanol–water partition coefficient (Wildman–Crippen LogP) is 3.01. The maximum Gasteiger partial charge on any atom is 0.156 e. The molecule has 0 aromatic carbocycles. The van der Waals surface area contributed by atoms with Crippen molar-refractivity contribution in [1.82, 2.24) is 0 Å². The van der Waals surface area contributed by atoms with E-state index in [2.05, 4.69) is 13.8 Å². The molecular formula is C11H18O2. The Hall–Kier alpha value is -1.05. The van der Waals surface area contributed by atoms with Crippen molar-refractivity contribution < 1.29 is 9.90 Å². The van der Waals surface area contributed by atoms with Crippen LogP contribution in [0, 0.1) is 5.92 Å². The summed E-state index contributed by atoms with van der Waals surface area (Å²) in [6.45, 7) is 5.62. The predicted molar refractivity (Wildman–Crippen MR) is 54.6 cm³/mol. The zero-order valence-electron chi connectivity index (χ0n) is 8.58. The summed E-state index contributed by atoms with van der Waals surface area (Å²) in [5.41, 5.74) is 0. The van der Waals surface area contributed by atoms with Crippen LogP contribution in [0.3, 0.4) is 0 Å². The van der Waals surface area contributed by atoms with Gasteiger partial charge >= 0.3 is 0 Å². The van der Waals surface area contributed by atoms with Gasteiger partial charge in [0.1, 0.15) is 5.76 Å². The van der Waals surface area contributed by atoms with E-state index in [1.165, 1.54) is 13.0 Å². The highest BCUT2D eigenvalue weighted by atomic mass is 16.3. The fourth-order valence-corrected chi connectivity index (χ4v) is 1.05. The Balaban J connectivity index is 4.17. The Labute approximate surface area is 80.0 Å². The molecule has 0 aliphatic heterocycles. The first kappa shape index (κ1) is 11.9. The Kier molecular flexibility index (Phi) is 5.94. The molecule has 0 atom stereocenters. The Bertz CT molecular complexity index is 210. The second kappa shape index (κ2) is 6.46. The minimum Gasteiger partial charge on any atom is -0.508 e. The molecule has 0 heterocycles. The second-order valence-electron chi connectivity index (χ2n) is 3.12. The Morgan fingerprint density at radius 1 is 1.38 bits per heavy atom. The van der Waals surface area contributed by atoms with Crippen LogP contribution in [0.1, 0.15) is 33.6 Å². The van der Waals surface area contributed by atoms with Gasteiger partial charge in [-0.05, 0) is 31.8 Å². The van der Waals surface area contributed by atoms with Crippen LogP contribution in [-0.4, -0.2) is 10.9 Å². The van der Waals surface area contributed by atoms with Crippen LogP contribution in [-0.2, 0) is 4.79 Å². The van der Waals surface area contributed by atoms with Gasteiger partial charge in [0.05, 0.1) is 0 Å². The second-order valence-corrected chi connectivity index (χ2v) is 3.12. The van der Waals surface area contributed by atoms with Gasteiger partial charge in [-0.1, -0.05) is 19.9 Å². The molecule has 0 aliphatic carbocycles. The number of aliphatic hydroxyl groups is 1. The van der Waals surface area contributed by atoms with Crippen LogP contribution in [0.5, 0.6) is 0 Å². The molecule has 0 radical (unpaired) electrons. The van der Waals surface area contributed by atoms with Crippen LogP contribution in [0.4, 0.5) is 0 Å². The van der Waals surface area contributed by atoms with E-state index in [1.807, 2.05) is 6.08 Å². The van der Waals surface area contributed by atoms with E-state index >= 15 is 0 Å². The molecule has 0 aliphatic rings. The first-order valence-electron chi connectivity index (χ1n) is 4.69. The van der Waals surface area contributed by atoms with E-state index in [1.54, 1.807) is 6.08 Å². The van der Waals surface area contributed by atoms with E-state index in [9.17, 15) is 9.90 Å². The molecule has 2 nitrogen and oxygen atoms in total. The minimum atomic E-state index is -0.133. The zero-order chi connectivity index (χ0) is 10.3. The molecule has 0 bridgehead atoms. The number of rotatable bonds is 5. The van der Waals surface area contributed by atoms with Gasteiger partial charge in [0, 0.05) is 6.08 Å². The molecule has 0 amide bonds. The number of hydrogen-bond donors (Lipinski definition) is 1. The summed E-state index contributed by atoms with van der Waals surface area (Å²) in [5.74, 6) is 0.397. The molecule has 2 heteroatoms. The number of allylic oxidation sites excluding steroid dienone is 3. The van der Waals surface area contributed by atoms with Gasteiger partial charge in [-0.25, -0.2) is 0 Å². The molecule has 0 unspecified atom stereocenters. The van der Waals surface area contributed by atoms with Crippen LogP contribution in [0.2, 0.25) is 0 Å². The van der Waals surface area contributed by atoms with Crippen LogP contribution in [0.15, 0.2) is 24.0 Å². The summed E-state index contributed by atoms with van der Waals surface area (Å²) >= 11 is 0. The molecule has 0 saturated carbocycles. The molecule has 0 saturated heterocycles. The molecule has 74 valence electrons. The average Bonchev–Trinajstić information content (AvgIpc) is 2.05. The highest BCUT2D eigenvalue weighted by molar-refractivity contribution is 5.87. The average molecular weight is 182 g/mol. The van der Waals surface area contributed by atoms with Gasteiger partial charge in [-0.3, -0.25) is 4.79 Å². The fourth-order valence-electron chi connectivity index (χ4n) is 1.05. The Morgan fingerprint density at radius 2 is 1.92 bits per heavy atom. The van der Waals surface area contributed by atoms with Gasteiger partial charge in [0.25, 0.3) is 0 Å². The van der Waals surface area contributed by atoms with Gasteiger partial charge < -0.3 is 5.11 Å². The van der Waals surface area contributed by atoms with Gasteiger partial charge in [0.15, 0.2) is 5.78 Å². The van der Waals surface area contributed by atoms with Crippen molar-refractivity contribution in [2.24, 2.45) is 5.92 Å². The van der Waals surface area contributed by atoms with Crippen molar-refractivity contribution in [2.45, 2.75) is 33.6 Å². The van der Waals surface area contributed by atoms with Crippen molar-refractivity contribution in [3.05, 3.63) is 24.0 Å². The van der Waals surface area contributed by atoms with E-state index in [0.29, 0.717) is 5.92 Å². The lowest BCUT2D eigenvalue weighted by atomic mass is 10.0. The smallest absolute Gasteiger partial charge is 0.156 e. The molecule has 13 heavy (non-hydrogen) atoms. The zero-order valence-corrected chi connectivity index (χ0v) is 8.58. The van der Waals surface area contributed by atoms with Gasteiger partial charge in [0.2, 0.25) is 0 Å². The number of carbonyl (C=O) groups excluding carboxylic acids is 1. The fraction of sp³-hybridized carbons (Fsp3) is 0.545. The monoisotopic (exact) mass is 182 g/mol. The molecular weight excluding hydrogens is 164 g/mol. The van der Waals surface area contributed by atoms with Crippen molar-refractivity contribution in [1.29, 1.82) is 0 Å². The topological polar surface area (TPSA) is 37.3 Å². The quantitative estimate of drug-likeness (QED) is 0.403. The first-order valence-corrected chi connectivity index (χ1v) is 4.69. The summed E-state index contributed by atoms with van der Waals surface area (Å²) < 4.78 is 0. The van der Waals surface area contributed by atoms with Gasteiger partial charge in [-0.2, -0.15) is 0 Å². The number of hydrogen-bond acceptors (Lipinski definition) is 2. The minimum absolute atomic E-state index is 0.0411. The highest BCUT2D eigenvalue weighted by Gasteiger charge is 1.97. The van der Waals surface area contributed by atoms with Gasteiger partial charge in [-0.15, -0.1) is 0 Å². The third-order valence-corrected chi connectivity index (χ3v) is 1.94. The normalized spacial score (nSPS) is 12.8. The molecule has 0 fully saturated rings.